The second kappa shape index (κ2) is 15.6. The van der Waals surface area contributed by atoms with Crippen LogP contribution in [0.25, 0.3) is 17.5 Å². The fourth-order valence-corrected chi connectivity index (χ4v) is 5.14. The minimum atomic E-state index is -0.549. The molecule has 1 aliphatic rings. The number of hydrogen-bond donors (Lipinski definition) is 3. The number of carboxylic acid groups (broad SMARTS) is 1. The monoisotopic (exact) mass is 603 g/mol. The maximum Gasteiger partial charge on any atom is 0.290 e. The Morgan fingerprint density at radius 1 is 1.19 bits per heavy atom. The molecule has 0 radical (unpaired) electrons. The molecule has 0 bridgehead atoms. The van der Waals surface area contributed by atoms with Gasteiger partial charge < -0.3 is 15.3 Å². The van der Waals surface area contributed by atoms with E-state index in [0.29, 0.717) is 37.2 Å². The average Bonchev–Trinajstić information content (AvgIpc) is 2.92. The largest absolute Gasteiger partial charge is 0.483 e. The maximum absolute atomic E-state index is 13.8. The van der Waals surface area contributed by atoms with Crippen LogP contribution in [0.3, 0.4) is 0 Å². The molecule has 9 nitrogen and oxygen atoms in total. The summed E-state index contributed by atoms with van der Waals surface area (Å²) < 4.78 is 15.3. The molecule has 230 valence electrons. The van der Waals surface area contributed by atoms with Gasteiger partial charge in [-0.25, -0.2) is 9.07 Å². The van der Waals surface area contributed by atoms with Crippen LogP contribution in [0.5, 0.6) is 0 Å². The van der Waals surface area contributed by atoms with Gasteiger partial charge in [-0.3, -0.25) is 19.8 Å². The van der Waals surface area contributed by atoms with Crippen LogP contribution >= 0.6 is 11.6 Å². The highest BCUT2D eigenvalue weighted by atomic mass is 35.5. The normalized spacial score (nSPS) is 14.2. The van der Waals surface area contributed by atoms with E-state index >= 15 is 0 Å². The SMILES string of the molecule is CC(C)(CN(CC/C=C/n1nc(-c2ccc(F)c(Cl)c2)cc(C(C)(C)C)c1=N)C(=O)C1CCCCC1)NC=O.O=CO. The van der Waals surface area contributed by atoms with Gasteiger partial charge in [0.1, 0.15) is 11.3 Å². The van der Waals surface area contributed by atoms with Crippen LogP contribution in [-0.4, -0.2) is 57.2 Å². The molecule has 3 rings (SSSR count). The summed E-state index contributed by atoms with van der Waals surface area (Å²) in [5, 5.41) is 23.1. The van der Waals surface area contributed by atoms with E-state index in [2.05, 4.69) is 10.4 Å². The molecule has 3 N–H and O–H groups in total. The molecule has 0 atom stereocenters. The predicted octanol–water partition coefficient (Wildman–Crippen LogP) is 5.61. The molecule has 2 aromatic rings. The average molecular weight is 604 g/mol. The van der Waals surface area contributed by atoms with Gasteiger partial charge in [0.25, 0.3) is 6.47 Å². The molecule has 2 amide bonds. The second-order valence-electron chi connectivity index (χ2n) is 12.1. The van der Waals surface area contributed by atoms with Gasteiger partial charge in [0.2, 0.25) is 12.3 Å². The van der Waals surface area contributed by atoms with Crippen molar-refractivity contribution < 1.29 is 23.9 Å². The van der Waals surface area contributed by atoms with Crippen LogP contribution in [0, 0.1) is 17.1 Å². The number of rotatable bonds is 10. The number of hydrogen-bond acceptors (Lipinski definition) is 5. The Morgan fingerprint density at radius 3 is 2.40 bits per heavy atom. The lowest BCUT2D eigenvalue weighted by atomic mass is 9.87. The van der Waals surface area contributed by atoms with Crippen molar-refractivity contribution in [1.29, 1.82) is 5.41 Å². The fourth-order valence-electron chi connectivity index (χ4n) is 4.96. The molecule has 0 unspecified atom stereocenters. The Labute approximate surface area is 252 Å². The van der Waals surface area contributed by atoms with Gasteiger partial charge in [-0.15, -0.1) is 0 Å². The molecule has 1 saturated carbocycles. The molecule has 1 fully saturated rings. The highest BCUT2D eigenvalue weighted by Crippen LogP contribution is 2.28. The summed E-state index contributed by atoms with van der Waals surface area (Å²) in [4.78, 5) is 34.7. The number of carbonyl (C=O) groups is 3. The molecule has 42 heavy (non-hydrogen) atoms. The van der Waals surface area contributed by atoms with Gasteiger partial charge in [0.05, 0.1) is 16.3 Å². The van der Waals surface area contributed by atoms with Crippen LogP contribution in [-0.2, 0) is 19.8 Å². The van der Waals surface area contributed by atoms with Crippen molar-refractivity contribution in [1.82, 2.24) is 20.0 Å². The van der Waals surface area contributed by atoms with Crippen LogP contribution in [0.1, 0.15) is 78.7 Å². The number of carbonyl (C=O) groups excluding carboxylic acids is 2. The number of nitrogens with one attached hydrogen (secondary N) is 2. The summed E-state index contributed by atoms with van der Waals surface area (Å²) >= 11 is 6.03. The third-order valence-electron chi connectivity index (χ3n) is 7.12. The Hall–Kier alpha value is -3.53. The zero-order chi connectivity index (χ0) is 31.5. The van der Waals surface area contributed by atoms with Gasteiger partial charge >= 0.3 is 0 Å². The van der Waals surface area contributed by atoms with E-state index in [1.165, 1.54) is 23.2 Å². The van der Waals surface area contributed by atoms with E-state index in [1.807, 2.05) is 51.7 Å². The van der Waals surface area contributed by atoms with Crippen molar-refractivity contribution in [2.24, 2.45) is 5.92 Å². The van der Waals surface area contributed by atoms with E-state index in [-0.39, 0.29) is 34.2 Å². The van der Waals surface area contributed by atoms with Crippen molar-refractivity contribution in [2.75, 3.05) is 13.1 Å². The zero-order valence-corrected chi connectivity index (χ0v) is 25.9. The lowest BCUT2D eigenvalue weighted by molar-refractivity contribution is -0.137. The highest BCUT2D eigenvalue weighted by Gasteiger charge is 2.29. The van der Waals surface area contributed by atoms with Crippen LogP contribution in [0.15, 0.2) is 30.3 Å². The first-order valence-corrected chi connectivity index (χ1v) is 14.5. The first kappa shape index (κ1) is 34.7. The molecule has 0 spiro atoms. The third kappa shape index (κ3) is 10.1. The second-order valence-corrected chi connectivity index (χ2v) is 12.5. The minimum absolute atomic E-state index is 0.0124. The summed E-state index contributed by atoms with van der Waals surface area (Å²) in [6, 6.07) is 6.32. The summed E-state index contributed by atoms with van der Waals surface area (Å²) in [5.74, 6) is -0.333. The smallest absolute Gasteiger partial charge is 0.290 e. The van der Waals surface area contributed by atoms with E-state index < -0.39 is 11.4 Å². The van der Waals surface area contributed by atoms with Crippen LogP contribution < -0.4 is 10.8 Å². The Morgan fingerprint density at radius 2 is 1.83 bits per heavy atom. The molecule has 0 aliphatic heterocycles. The number of aromatic nitrogens is 2. The molecule has 11 heteroatoms. The number of amides is 2. The number of nitrogens with zero attached hydrogens (tertiary/aromatic N) is 3. The Bertz CT molecular complexity index is 1310. The lowest BCUT2D eigenvalue weighted by Crippen LogP contribution is -2.51. The molecule has 1 heterocycles. The van der Waals surface area contributed by atoms with Crippen molar-refractivity contribution in [3.05, 3.63) is 52.2 Å². The topological polar surface area (TPSA) is 128 Å². The summed E-state index contributed by atoms with van der Waals surface area (Å²) in [5.41, 5.74) is 1.40. The first-order valence-electron chi connectivity index (χ1n) is 14.1. The Kier molecular flexibility index (Phi) is 12.9. The number of benzene rings is 1. The van der Waals surface area contributed by atoms with E-state index in [9.17, 15) is 14.0 Å². The zero-order valence-electron chi connectivity index (χ0n) is 25.1. The lowest BCUT2D eigenvalue weighted by Gasteiger charge is -2.35. The van der Waals surface area contributed by atoms with Gasteiger partial charge in [0, 0.05) is 36.3 Å². The molecule has 1 aromatic heterocycles. The van der Waals surface area contributed by atoms with Gasteiger partial charge in [0.15, 0.2) is 0 Å². The summed E-state index contributed by atoms with van der Waals surface area (Å²) in [6.07, 6.45) is 10.0. The Balaban J connectivity index is 0.00000197. The van der Waals surface area contributed by atoms with Crippen molar-refractivity contribution in [2.45, 2.75) is 84.1 Å². The fraction of sp³-hybridized carbons (Fsp3) is 0.516. The van der Waals surface area contributed by atoms with Crippen LogP contribution in [0.4, 0.5) is 4.39 Å². The highest BCUT2D eigenvalue weighted by molar-refractivity contribution is 6.31. The van der Waals surface area contributed by atoms with Gasteiger partial charge in [-0.1, -0.05) is 57.7 Å². The van der Waals surface area contributed by atoms with E-state index in [4.69, 9.17) is 26.9 Å². The quantitative estimate of drug-likeness (QED) is 0.304. The predicted molar refractivity (Wildman–Crippen MR) is 162 cm³/mol. The first-order chi connectivity index (χ1) is 19.7. The van der Waals surface area contributed by atoms with E-state index in [0.717, 1.165) is 31.2 Å². The van der Waals surface area contributed by atoms with E-state index in [1.54, 1.807) is 12.3 Å². The molecular weight excluding hydrogens is 561 g/mol. The molecule has 0 saturated heterocycles. The third-order valence-corrected chi connectivity index (χ3v) is 7.41. The summed E-state index contributed by atoms with van der Waals surface area (Å²) in [7, 11) is 0. The van der Waals surface area contributed by atoms with Crippen molar-refractivity contribution in [3.8, 4) is 11.3 Å². The standard InChI is InChI=1S/C30H41ClFN5O2.CH2O2/c1-29(2,3)23-18-26(22-13-14-25(32)24(31)17-22)35-37(27(23)33)16-10-9-15-36(19-30(4,5)34-20-38)28(39)21-11-7-6-8-12-21;2-1-3/h10,13-14,16-18,20-21,33H,6-9,11-12,15,19H2,1-5H3,(H,34,38);1H,(H,2,3)/b16-10+,33-27?;. The maximum atomic E-state index is 13.8. The van der Waals surface area contributed by atoms with Crippen molar-refractivity contribution >= 4 is 36.6 Å². The minimum Gasteiger partial charge on any atom is -0.483 e. The summed E-state index contributed by atoms with van der Waals surface area (Å²) in [6.45, 7) is 10.6. The molecular formula is C31H43ClFN5O4. The van der Waals surface area contributed by atoms with Gasteiger partial charge in [-0.05, 0) is 62.8 Å². The molecule has 1 aliphatic carbocycles. The van der Waals surface area contributed by atoms with Gasteiger partial charge in [-0.2, -0.15) is 5.10 Å². The number of halogens is 2. The molecule has 1 aromatic carbocycles. The van der Waals surface area contributed by atoms with Crippen LogP contribution in [0.2, 0.25) is 5.02 Å². The van der Waals surface area contributed by atoms with Crippen molar-refractivity contribution in [3.63, 3.8) is 0 Å².